The molecule has 1 N–H and O–H groups in total. The molecule has 0 bridgehead atoms. The molecule has 0 spiro atoms. The van der Waals surface area contributed by atoms with E-state index in [0.717, 1.165) is 37.4 Å². The first-order valence-electron chi connectivity index (χ1n) is 7.96. The van der Waals surface area contributed by atoms with Crippen molar-refractivity contribution in [1.82, 2.24) is 5.32 Å². The Morgan fingerprint density at radius 1 is 1.19 bits per heavy atom. The molecular weight excluding hydrogens is 258 g/mol. The Morgan fingerprint density at radius 2 is 1.90 bits per heavy atom. The summed E-state index contributed by atoms with van der Waals surface area (Å²) in [4.78, 5) is 2.29. The van der Waals surface area contributed by atoms with Gasteiger partial charge in [-0.1, -0.05) is 33.8 Å². The van der Waals surface area contributed by atoms with Crippen molar-refractivity contribution in [2.24, 2.45) is 11.8 Å². The summed E-state index contributed by atoms with van der Waals surface area (Å²) in [5.74, 6) is 1.23. The summed E-state index contributed by atoms with van der Waals surface area (Å²) in [7, 11) is 0. The Morgan fingerprint density at radius 3 is 2.43 bits per heavy atom. The van der Waals surface area contributed by atoms with E-state index < -0.39 is 0 Å². The highest BCUT2D eigenvalue weighted by atomic mass is 15.1. The lowest BCUT2D eigenvalue weighted by atomic mass is 10.1. The van der Waals surface area contributed by atoms with Crippen molar-refractivity contribution in [3.05, 3.63) is 29.3 Å². The number of benzene rings is 1. The van der Waals surface area contributed by atoms with Crippen LogP contribution < -0.4 is 10.2 Å². The van der Waals surface area contributed by atoms with Crippen LogP contribution in [0.15, 0.2) is 18.2 Å². The van der Waals surface area contributed by atoms with Gasteiger partial charge in [-0.05, 0) is 43.0 Å². The molecule has 0 aliphatic carbocycles. The second-order valence-electron chi connectivity index (χ2n) is 6.42. The lowest BCUT2D eigenvalue weighted by molar-refractivity contribution is 0.552. The van der Waals surface area contributed by atoms with Crippen LogP contribution in [0, 0.1) is 23.2 Å². The van der Waals surface area contributed by atoms with Gasteiger partial charge in [-0.25, -0.2) is 0 Å². The van der Waals surface area contributed by atoms with E-state index in [0.29, 0.717) is 11.8 Å². The van der Waals surface area contributed by atoms with Gasteiger partial charge in [0.15, 0.2) is 0 Å². The van der Waals surface area contributed by atoms with Crippen LogP contribution in [0.25, 0.3) is 0 Å². The number of hydrogen-bond acceptors (Lipinski definition) is 3. The van der Waals surface area contributed by atoms with E-state index in [-0.39, 0.29) is 0 Å². The minimum absolute atomic E-state index is 0.587. The van der Waals surface area contributed by atoms with Gasteiger partial charge >= 0.3 is 0 Å². The van der Waals surface area contributed by atoms with Crippen LogP contribution in [0.1, 0.15) is 45.7 Å². The predicted octanol–water partition coefficient (Wildman–Crippen LogP) is 3.79. The summed E-state index contributed by atoms with van der Waals surface area (Å²) in [5, 5.41) is 12.9. The molecule has 0 heterocycles. The molecule has 0 unspecified atom stereocenters. The van der Waals surface area contributed by atoms with Gasteiger partial charge in [0.05, 0.1) is 11.3 Å². The molecule has 0 aliphatic rings. The molecule has 0 saturated heterocycles. The van der Waals surface area contributed by atoms with Gasteiger partial charge in [0.1, 0.15) is 6.07 Å². The summed E-state index contributed by atoms with van der Waals surface area (Å²) < 4.78 is 0. The van der Waals surface area contributed by atoms with E-state index >= 15 is 0 Å². The molecule has 3 heteroatoms. The normalized spacial score (nSPS) is 11.0. The summed E-state index contributed by atoms with van der Waals surface area (Å²) in [5.41, 5.74) is 3.01. The molecule has 0 amide bonds. The maximum Gasteiger partial charge on any atom is 0.101 e. The molecular formula is C18H29N3. The van der Waals surface area contributed by atoms with E-state index in [2.05, 4.69) is 63.0 Å². The van der Waals surface area contributed by atoms with Crippen molar-refractivity contribution in [3.63, 3.8) is 0 Å². The molecule has 0 fully saturated rings. The quantitative estimate of drug-likeness (QED) is 0.790. The Balaban J connectivity index is 2.85. The van der Waals surface area contributed by atoms with Gasteiger partial charge in [-0.15, -0.1) is 0 Å². The van der Waals surface area contributed by atoms with Gasteiger partial charge in [0, 0.05) is 19.6 Å². The van der Waals surface area contributed by atoms with Gasteiger partial charge in [-0.2, -0.15) is 5.26 Å². The average Bonchev–Trinajstić information content (AvgIpc) is 2.44. The molecule has 1 aromatic rings. The molecule has 1 rings (SSSR count). The smallest absolute Gasteiger partial charge is 0.101 e. The third kappa shape index (κ3) is 5.77. The summed E-state index contributed by atoms with van der Waals surface area (Å²) in [6.07, 6.45) is 0. The van der Waals surface area contributed by atoms with Crippen LogP contribution in [0.4, 0.5) is 5.69 Å². The maximum absolute atomic E-state index is 9.44. The SMILES string of the molecule is CCN(CC(C)C)c1ccc(CNCC(C)C)cc1C#N. The van der Waals surface area contributed by atoms with Gasteiger partial charge in [0.25, 0.3) is 0 Å². The van der Waals surface area contributed by atoms with E-state index in [1.807, 2.05) is 6.07 Å². The first-order valence-corrected chi connectivity index (χ1v) is 7.96. The van der Waals surface area contributed by atoms with Crippen molar-refractivity contribution in [2.45, 2.75) is 41.2 Å². The van der Waals surface area contributed by atoms with Crippen molar-refractivity contribution < 1.29 is 0 Å². The van der Waals surface area contributed by atoms with Crippen LogP contribution in [-0.2, 0) is 6.54 Å². The molecule has 0 aromatic heterocycles. The largest absolute Gasteiger partial charge is 0.370 e. The number of nitrogens with zero attached hydrogens (tertiary/aromatic N) is 2. The zero-order chi connectivity index (χ0) is 15.8. The molecule has 0 saturated carbocycles. The minimum atomic E-state index is 0.587. The first-order chi connectivity index (χ1) is 9.97. The highest BCUT2D eigenvalue weighted by molar-refractivity contribution is 5.60. The summed E-state index contributed by atoms with van der Waals surface area (Å²) in [6.45, 7) is 14.7. The number of anilines is 1. The first kappa shape index (κ1) is 17.5. The van der Waals surface area contributed by atoms with E-state index in [1.54, 1.807) is 0 Å². The highest BCUT2D eigenvalue weighted by Crippen LogP contribution is 2.22. The van der Waals surface area contributed by atoms with Gasteiger partial charge in [0.2, 0.25) is 0 Å². The van der Waals surface area contributed by atoms with Crippen molar-refractivity contribution in [2.75, 3.05) is 24.5 Å². The second kappa shape index (κ2) is 8.69. The van der Waals surface area contributed by atoms with E-state index in [4.69, 9.17) is 0 Å². The molecule has 3 nitrogen and oxygen atoms in total. The van der Waals surface area contributed by atoms with Gasteiger partial charge in [-0.3, -0.25) is 0 Å². The Kier molecular flexibility index (Phi) is 7.25. The third-order valence-corrected chi connectivity index (χ3v) is 3.37. The zero-order valence-electron chi connectivity index (χ0n) is 14.1. The van der Waals surface area contributed by atoms with Crippen LogP contribution >= 0.6 is 0 Å². The molecule has 0 atom stereocenters. The second-order valence-corrected chi connectivity index (χ2v) is 6.42. The Hall–Kier alpha value is -1.53. The number of nitrogens with one attached hydrogen (secondary N) is 1. The summed E-state index contributed by atoms with van der Waals surface area (Å²) >= 11 is 0. The van der Waals surface area contributed by atoms with E-state index in [1.165, 1.54) is 5.56 Å². The molecule has 116 valence electrons. The molecule has 0 radical (unpaired) electrons. The monoisotopic (exact) mass is 287 g/mol. The van der Waals surface area contributed by atoms with Crippen molar-refractivity contribution in [1.29, 1.82) is 5.26 Å². The number of rotatable bonds is 8. The minimum Gasteiger partial charge on any atom is -0.370 e. The van der Waals surface area contributed by atoms with Crippen LogP contribution in [-0.4, -0.2) is 19.6 Å². The maximum atomic E-state index is 9.44. The molecule has 1 aromatic carbocycles. The van der Waals surface area contributed by atoms with Crippen molar-refractivity contribution in [3.8, 4) is 6.07 Å². The van der Waals surface area contributed by atoms with Crippen LogP contribution in [0.5, 0.6) is 0 Å². The Labute approximate surface area is 130 Å². The fourth-order valence-electron chi connectivity index (χ4n) is 2.40. The number of nitriles is 1. The summed E-state index contributed by atoms with van der Waals surface area (Å²) in [6, 6.07) is 8.60. The van der Waals surface area contributed by atoms with Crippen LogP contribution in [0.3, 0.4) is 0 Å². The lowest BCUT2D eigenvalue weighted by Gasteiger charge is -2.26. The standard InChI is InChI=1S/C18H29N3/c1-6-21(13-15(4)5)18-8-7-16(9-17(18)10-19)12-20-11-14(2)3/h7-9,14-15,20H,6,11-13H2,1-5H3. The third-order valence-electron chi connectivity index (χ3n) is 3.37. The average molecular weight is 287 g/mol. The highest BCUT2D eigenvalue weighted by Gasteiger charge is 2.12. The topological polar surface area (TPSA) is 39.1 Å². The Bertz CT molecular complexity index is 472. The fourth-order valence-corrected chi connectivity index (χ4v) is 2.40. The molecule has 21 heavy (non-hydrogen) atoms. The van der Waals surface area contributed by atoms with Gasteiger partial charge < -0.3 is 10.2 Å². The van der Waals surface area contributed by atoms with Crippen molar-refractivity contribution >= 4 is 5.69 Å². The fraction of sp³-hybridized carbons (Fsp3) is 0.611. The van der Waals surface area contributed by atoms with E-state index in [9.17, 15) is 5.26 Å². The molecule has 0 aliphatic heterocycles. The lowest BCUT2D eigenvalue weighted by Crippen LogP contribution is -2.28. The van der Waals surface area contributed by atoms with Crippen LogP contribution in [0.2, 0.25) is 0 Å². The zero-order valence-corrected chi connectivity index (χ0v) is 14.1. The number of hydrogen-bond donors (Lipinski definition) is 1. The predicted molar refractivity (Wildman–Crippen MR) is 90.4 cm³/mol.